The average molecular weight is 277 g/mol. The smallest absolute Gasteiger partial charge is 0.335 e. The van der Waals surface area contributed by atoms with E-state index in [-0.39, 0.29) is 23.5 Å². The van der Waals surface area contributed by atoms with Crippen LogP contribution in [0.1, 0.15) is 46.4 Å². The van der Waals surface area contributed by atoms with Crippen molar-refractivity contribution >= 4 is 11.9 Å². The standard InChI is InChI=1S/C15H19NO4/c17-13-7-2-1-4-12(13)9-16-14(18)10-5-3-6-11(8-10)15(19)20/h3,5-6,8,12-13,17H,1-2,4,7,9H2,(H,16,18)(H,19,20)/t12-,13-/m1/s1. The highest BCUT2D eigenvalue weighted by molar-refractivity contribution is 5.97. The molecule has 2 atom stereocenters. The summed E-state index contributed by atoms with van der Waals surface area (Å²) in [5.74, 6) is -1.26. The van der Waals surface area contributed by atoms with E-state index in [9.17, 15) is 14.7 Å². The number of nitrogens with one attached hydrogen (secondary N) is 1. The van der Waals surface area contributed by atoms with Gasteiger partial charge in [-0.05, 0) is 31.0 Å². The van der Waals surface area contributed by atoms with Crippen molar-refractivity contribution in [3.05, 3.63) is 35.4 Å². The van der Waals surface area contributed by atoms with Crippen molar-refractivity contribution in [2.24, 2.45) is 5.92 Å². The minimum absolute atomic E-state index is 0.0929. The van der Waals surface area contributed by atoms with E-state index < -0.39 is 5.97 Å². The molecule has 1 amide bonds. The predicted molar refractivity (Wildman–Crippen MR) is 73.7 cm³/mol. The largest absolute Gasteiger partial charge is 0.478 e. The number of aliphatic hydroxyl groups is 1. The third kappa shape index (κ3) is 3.57. The maximum absolute atomic E-state index is 12.0. The van der Waals surface area contributed by atoms with E-state index in [0.717, 1.165) is 25.7 Å². The molecule has 0 radical (unpaired) electrons. The summed E-state index contributed by atoms with van der Waals surface area (Å²) in [7, 11) is 0. The molecule has 1 aromatic rings. The second kappa shape index (κ2) is 6.52. The van der Waals surface area contributed by atoms with E-state index in [0.29, 0.717) is 12.1 Å². The number of carboxylic acids is 1. The Labute approximate surface area is 117 Å². The fourth-order valence-corrected chi connectivity index (χ4v) is 2.55. The molecular formula is C15H19NO4. The number of carbonyl (C=O) groups is 2. The number of carboxylic acid groups (broad SMARTS) is 1. The Morgan fingerprint density at radius 1 is 1.20 bits per heavy atom. The number of carbonyl (C=O) groups excluding carboxylic acids is 1. The second-order valence-electron chi connectivity index (χ2n) is 5.21. The monoisotopic (exact) mass is 277 g/mol. The molecule has 5 heteroatoms. The van der Waals surface area contributed by atoms with Crippen molar-refractivity contribution < 1.29 is 19.8 Å². The summed E-state index contributed by atoms with van der Waals surface area (Å²) in [6.45, 7) is 0.428. The van der Waals surface area contributed by atoms with Gasteiger partial charge in [0.05, 0.1) is 11.7 Å². The first kappa shape index (κ1) is 14.5. The zero-order valence-electron chi connectivity index (χ0n) is 11.2. The fourth-order valence-electron chi connectivity index (χ4n) is 2.55. The van der Waals surface area contributed by atoms with Crippen LogP contribution in [0, 0.1) is 5.92 Å². The molecule has 0 aliphatic heterocycles. The number of benzene rings is 1. The van der Waals surface area contributed by atoms with Crippen molar-refractivity contribution in [1.29, 1.82) is 0 Å². The number of amides is 1. The quantitative estimate of drug-likeness (QED) is 0.781. The van der Waals surface area contributed by atoms with Crippen LogP contribution >= 0.6 is 0 Å². The van der Waals surface area contributed by atoms with Crippen LogP contribution in [0.2, 0.25) is 0 Å². The Morgan fingerprint density at radius 2 is 1.90 bits per heavy atom. The number of hydrogen-bond acceptors (Lipinski definition) is 3. The molecule has 1 aliphatic carbocycles. The van der Waals surface area contributed by atoms with Gasteiger partial charge in [0.25, 0.3) is 5.91 Å². The van der Waals surface area contributed by atoms with Crippen molar-refractivity contribution in [1.82, 2.24) is 5.32 Å². The first-order valence-corrected chi connectivity index (χ1v) is 6.87. The average Bonchev–Trinajstić information content (AvgIpc) is 2.46. The van der Waals surface area contributed by atoms with Crippen LogP contribution in [-0.4, -0.2) is 34.7 Å². The Balaban J connectivity index is 1.94. The highest BCUT2D eigenvalue weighted by atomic mass is 16.4. The van der Waals surface area contributed by atoms with E-state index in [4.69, 9.17) is 5.11 Å². The summed E-state index contributed by atoms with van der Waals surface area (Å²) in [5, 5.41) is 21.5. The molecule has 1 fully saturated rings. The number of hydrogen-bond donors (Lipinski definition) is 3. The van der Waals surface area contributed by atoms with Crippen LogP contribution in [-0.2, 0) is 0 Å². The highest BCUT2D eigenvalue weighted by Crippen LogP contribution is 2.23. The van der Waals surface area contributed by atoms with Gasteiger partial charge in [0.1, 0.15) is 0 Å². The minimum Gasteiger partial charge on any atom is -0.478 e. The molecule has 0 bridgehead atoms. The van der Waals surface area contributed by atoms with Crippen molar-refractivity contribution in [2.45, 2.75) is 31.8 Å². The normalized spacial score (nSPS) is 22.2. The first-order chi connectivity index (χ1) is 9.58. The Hall–Kier alpha value is -1.88. The van der Waals surface area contributed by atoms with Crippen LogP contribution in [0.3, 0.4) is 0 Å². The number of rotatable bonds is 4. The maximum Gasteiger partial charge on any atom is 0.335 e. The molecule has 108 valence electrons. The summed E-state index contributed by atoms with van der Waals surface area (Å²) < 4.78 is 0. The lowest BCUT2D eigenvalue weighted by atomic mass is 9.86. The maximum atomic E-state index is 12.0. The van der Waals surface area contributed by atoms with Crippen LogP contribution in [0.15, 0.2) is 24.3 Å². The molecule has 0 aromatic heterocycles. The van der Waals surface area contributed by atoms with E-state index in [1.165, 1.54) is 12.1 Å². The molecule has 0 spiro atoms. The van der Waals surface area contributed by atoms with Gasteiger partial charge in [0.2, 0.25) is 0 Å². The summed E-state index contributed by atoms with van der Waals surface area (Å²) >= 11 is 0. The molecular weight excluding hydrogens is 258 g/mol. The third-order valence-electron chi connectivity index (χ3n) is 3.77. The lowest BCUT2D eigenvalue weighted by Gasteiger charge is -2.27. The van der Waals surface area contributed by atoms with Gasteiger partial charge in [-0.15, -0.1) is 0 Å². The van der Waals surface area contributed by atoms with Gasteiger partial charge in [-0.2, -0.15) is 0 Å². The van der Waals surface area contributed by atoms with Crippen molar-refractivity contribution in [3.63, 3.8) is 0 Å². The molecule has 1 aliphatic rings. The highest BCUT2D eigenvalue weighted by Gasteiger charge is 2.23. The minimum atomic E-state index is -1.05. The summed E-state index contributed by atoms with van der Waals surface area (Å²) in [4.78, 5) is 22.8. The van der Waals surface area contributed by atoms with Gasteiger partial charge in [-0.25, -0.2) is 4.79 Å². The van der Waals surface area contributed by atoms with Crippen molar-refractivity contribution in [2.75, 3.05) is 6.54 Å². The molecule has 0 saturated heterocycles. The zero-order valence-corrected chi connectivity index (χ0v) is 11.2. The summed E-state index contributed by atoms with van der Waals surface area (Å²) in [6, 6.07) is 5.94. The lowest BCUT2D eigenvalue weighted by molar-refractivity contribution is 0.0662. The van der Waals surface area contributed by atoms with Crippen LogP contribution in [0.5, 0.6) is 0 Å². The zero-order chi connectivity index (χ0) is 14.5. The van der Waals surface area contributed by atoms with Crippen LogP contribution in [0.25, 0.3) is 0 Å². The van der Waals surface area contributed by atoms with Gasteiger partial charge in [-0.1, -0.05) is 18.9 Å². The molecule has 5 nitrogen and oxygen atoms in total. The fraction of sp³-hybridized carbons (Fsp3) is 0.467. The van der Waals surface area contributed by atoms with E-state index in [2.05, 4.69) is 5.32 Å². The van der Waals surface area contributed by atoms with E-state index in [1.54, 1.807) is 12.1 Å². The van der Waals surface area contributed by atoms with Gasteiger partial charge in [0, 0.05) is 18.0 Å². The second-order valence-corrected chi connectivity index (χ2v) is 5.21. The van der Waals surface area contributed by atoms with E-state index in [1.807, 2.05) is 0 Å². The topological polar surface area (TPSA) is 86.6 Å². The van der Waals surface area contributed by atoms with Crippen LogP contribution < -0.4 is 5.32 Å². The molecule has 3 N–H and O–H groups in total. The third-order valence-corrected chi connectivity index (χ3v) is 3.77. The SMILES string of the molecule is O=C(O)c1cccc(C(=O)NC[C@H]2CCCC[C@H]2O)c1. The van der Waals surface area contributed by atoms with Gasteiger partial charge in [-0.3, -0.25) is 4.79 Å². The molecule has 0 unspecified atom stereocenters. The molecule has 2 rings (SSSR count). The van der Waals surface area contributed by atoms with Gasteiger partial charge in [0.15, 0.2) is 0 Å². The first-order valence-electron chi connectivity index (χ1n) is 6.87. The summed E-state index contributed by atoms with van der Waals surface area (Å²) in [6.07, 6.45) is 3.46. The molecule has 20 heavy (non-hydrogen) atoms. The number of aromatic carboxylic acids is 1. The number of aliphatic hydroxyl groups excluding tert-OH is 1. The lowest BCUT2D eigenvalue weighted by Crippen LogP contribution is -2.36. The van der Waals surface area contributed by atoms with E-state index >= 15 is 0 Å². The van der Waals surface area contributed by atoms with Gasteiger partial charge >= 0.3 is 5.97 Å². The molecule has 1 saturated carbocycles. The van der Waals surface area contributed by atoms with Gasteiger partial charge < -0.3 is 15.5 Å². The molecule has 0 heterocycles. The summed E-state index contributed by atoms with van der Waals surface area (Å²) in [5.41, 5.74) is 0.422. The Kier molecular flexibility index (Phi) is 4.74. The predicted octanol–water partition coefficient (Wildman–Crippen LogP) is 1.67. The Morgan fingerprint density at radius 3 is 2.60 bits per heavy atom. The van der Waals surface area contributed by atoms with Crippen LogP contribution in [0.4, 0.5) is 0 Å². The van der Waals surface area contributed by atoms with Crippen molar-refractivity contribution in [3.8, 4) is 0 Å². The Bertz CT molecular complexity index is 500. The molecule has 1 aromatic carbocycles.